The van der Waals surface area contributed by atoms with Crippen molar-refractivity contribution < 1.29 is 0 Å². The average molecular weight is 227 g/mol. The molecule has 5 heteroatoms. The molecule has 0 aromatic carbocycles. The van der Waals surface area contributed by atoms with E-state index in [0.717, 1.165) is 11.6 Å². The number of aryl methyl sites for hydroxylation is 2. The Bertz CT molecular complexity index is 322. The molecule has 1 aromatic rings. The van der Waals surface area contributed by atoms with Crippen molar-refractivity contribution in [3.05, 3.63) is 10.6 Å². The second kappa shape index (κ2) is 4.23. The molecule has 0 bridgehead atoms. The lowest BCUT2D eigenvalue weighted by Crippen LogP contribution is -2.23. The lowest BCUT2D eigenvalue weighted by Gasteiger charge is -2.06. The molecule has 3 nitrogen and oxygen atoms in total. The lowest BCUT2D eigenvalue weighted by molar-refractivity contribution is 0.683. The van der Waals surface area contributed by atoms with Crippen LogP contribution in [-0.4, -0.2) is 17.1 Å². The first kappa shape index (κ1) is 9.86. The molecule has 1 aromatic heterocycles. The molecule has 0 atom stereocenters. The van der Waals surface area contributed by atoms with Crippen molar-refractivity contribution in [2.75, 3.05) is 12.4 Å². The number of thiazole rings is 1. The van der Waals surface area contributed by atoms with Crippen LogP contribution in [0.5, 0.6) is 0 Å². The summed E-state index contributed by atoms with van der Waals surface area (Å²) < 4.78 is 0. The Morgan fingerprint density at radius 2 is 2.21 bits per heavy atom. The molecule has 0 spiro atoms. The fourth-order valence-corrected chi connectivity index (χ4v) is 2.78. The lowest BCUT2D eigenvalue weighted by atomic mass is 10.0. The SMILES string of the molecule is CNC(=S)Nc1nc2c(s1)CCCC2. The van der Waals surface area contributed by atoms with Crippen LogP contribution in [0.25, 0.3) is 0 Å². The summed E-state index contributed by atoms with van der Waals surface area (Å²) in [7, 11) is 1.81. The third kappa shape index (κ3) is 2.04. The number of hydrogen-bond donors (Lipinski definition) is 2. The van der Waals surface area contributed by atoms with Crippen molar-refractivity contribution in [3.8, 4) is 0 Å². The molecule has 1 aliphatic rings. The topological polar surface area (TPSA) is 37.0 Å². The van der Waals surface area contributed by atoms with E-state index in [2.05, 4.69) is 15.6 Å². The summed E-state index contributed by atoms with van der Waals surface area (Å²) >= 11 is 6.75. The van der Waals surface area contributed by atoms with Gasteiger partial charge in [0.05, 0.1) is 5.69 Å². The largest absolute Gasteiger partial charge is 0.365 e. The minimum absolute atomic E-state index is 0.635. The molecular formula is C9H13N3S2. The first-order valence-electron chi connectivity index (χ1n) is 4.77. The summed E-state index contributed by atoms with van der Waals surface area (Å²) in [6.07, 6.45) is 4.87. The van der Waals surface area contributed by atoms with Gasteiger partial charge in [-0.2, -0.15) is 0 Å². The zero-order chi connectivity index (χ0) is 9.97. The van der Waals surface area contributed by atoms with Crippen LogP contribution in [-0.2, 0) is 12.8 Å². The van der Waals surface area contributed by atoms with Gasteiger partial charge in [-0.1, -0.05) is 0 Å². The Labute approximate surface area is 92.9 Å². The monoisotopic (exact) mass is 227 g/mol. The standard InChI is InChI=1S/C9H13N3S2/c1-10-8(13)12-9-11-6-4-2-3-5-7(6)14-9/h2-5H2,1H3,(H2,10,11,12,13). The number of anilines is 1. The number of hydrogen-bond acceptors (Lipinski definition) is 3. The van der Waals surface area contributed by atoms with Gasteiger partial charge < -0.3 is 10.6 Å². The second-order valence-electron chi connectivity index (χ2n) is 3.30. The molecule has 1 aliphatic carbocycles. The number of aromatic nitrogens is 1. The van der Waals surface area contributed by atoms with Gasteiger partial charge >= 0.3 is 0 Å². The molecule has 0 radical (unpaired) electrons. The van der Waals surface area contributed by atoms with Crippen LogP contribution >= 0.6 is 23.6 Å². The highest BCUT2D eigenvalue weighted by Gasteiger charge is 2.15. The Morgan fingerprint density at radius 3 is 2.93 bits per heavy atom. The van der Waals surface area contributed by atoms with E-state index < -0.39 is 0 Å². The molecule has 2 rings (SSSR count). The molecule has 0 amide bonds. The van der Waals surface area contributed by atoms with E-state index in [0.29, 0.717) is 5.11 Å². The highest BCUT2D eigenvalue weighted by molar-refractivity contribution is 7.80. The predicted molar refractivity (Wildman–Crippen MR) is 64.0 cm³/mol. The smallest absolute Gasteiger partial charge is 0.189 e. The van der Waals surface area contributed by atoms with Crippen LogP contribution in [0.15, 0.2) is 0 Å². The van der Waals surface area contributed by atoms with Gasteiger partial charge in [-0.3, -0.25) is 0 Å². The fourth-order valence-electron chi connectivity index (χ4n) is 1.57. The molecule has 76 valence electrons. The van der Waals surface area contributed by atoms with E-state index in [1.165, 1.54) is 29.8 Å². The molecule has 0 fully saturated rings. The normalized spacial score (nSPS) is 14.6. The van der Waals surface area contributed by atoms with Crippen molar-refractivity contribution >= 4 is 33.8 Å². The Balaban J connectivity index is 2.12. The minimum Gasteiger partial charge on any atom is -0.365 e. The van der Waals surface area contributed by atoms with E-state index in [4.69, 9.17) is 12.2 Å². The van der Waals surface area contributed by atoms with Gasteiger partial charge in [-0.25, -0.2) is 4.98 Å². The minimum atomic E-state index is 0.635. The van der Waals surface area contributed by atoms with Gasteiger partial charge in [0, 0.05) is 11.9 Å². The number of nitrogens with zero attached hydrogens (tertiary/aromatic N) is 1. The van der Waals surface area contributed by atoms with Crippen LogP contribution in [0.3, 0.4) is 0 Å². The van der Waals surface area contributed by atoms with Crippen LogP contribution in [0, 0.1) is 0 Å². The van der Waals surface area contributed by atoms with Crippen molar-refractivity contribution in [2.24, 2.45) is 0 Å². The third-order valence-electron chi connectivity index (χ3n) is 2.29. The predicted octanol–water partition coefficient (Wildman–Crippen LogP) is 1.94. The molecule has 0 unspecified atom stereocenters. The maximum Gasteiger partial charge on any atom is 0.189 e. The van der Waals surface area contributed by atoms with Crippen LogP contribution in [0.4, 0.5) is 5.13 Å². The quantitative estimate of drug-likeness (QED) is 0.719. The van der Waals surface area contributed by atoms with Crippen LogP contribution < -0.4 is 10.6 Å². The van der Waals surface area contributed by atoms with E-state index in [9.17, 15) is 0 Å². The summed E-state index contributed by atoms with van der Waals surface area (Å²) in [5.74, 6) is 0. The summed E-state index contributed by atoms with van der Waals surface area (Å²) in [6.45, 7) is 0. The molecule has 14 heavy (non-hydrogen) atoms. The van der Waals surface area contributed by atoms with E-state index in [1.54, 1.807) is 11.3 Å². The molecule has 1 heterocycles. The van der Waals surface area contributed by atoms with Gasteiger partial charge in [0.2, 0.25) is 0 Å². The van der Waals surface area contributed by atoms with Crippen LogP contribution in [0.2, 0.25) is 0 Å². The molecule has 0 saturated carbocycles. The summed E-state index contributed by atoms with van der Waals surface area (Å²) in [6, 6.07) is 0. The fraction of sp³-hybridized carbons (Fsp3) is 0.556. The van der Waals surface area contributed by atoms with Crippen molar-refractivity contribution in [3.63, 3.8) is 0 Å². The van der Waals surface area contributed by atoms with E-state index in [1.807, 2.05) is 7.05 Å². The highest BCUT2D eigenvalue weighted by atomic mass is 32.1. The maximum atomic E-state index is 5.02. The summed E-state index contributed by atoms with van der Waals surface area (Å²) in [4.78, 5) is 5.95. The maximum absolute atomic E-state index is 5.02. The average Bonchev–Trinajstić information content (AvgIpc) is 2.59. The highest BCUT2D eigenvalue weighted by Crippen LogP contribution is 2.29. The number of fused-ring (bicyclic) bond motifs is 1. The van der Waals surface area contributed by atoms with Gasteiger partial charge in [0.15, 0.2) is 10.2 Å². The van der Waals surface area contributed by atoms with Gasteiger partial charge in [-0.05, 0) is 37.9 Å². The van der Waals surface area contributed by atoms with Gasteiger partial charge in [0.1, 0.15) is 0 Å². The first-order chi connectivity index (χ1) is 6.79. The number of rotatable bonds is 1. The molecule has 0 saturated heterocycles. The molecular weight excluding hydrogens is 214 g/mol. The van der Waals surface area contributed by atoms with Crippen LogP contribution in [0.1, 0.15) is 23.4 Å². The zero-order valence-electron chi connectivity index (χ0n) is 8.09. The van der Waals surface area contributed by atoms with Crippen molar-refractivity contribution in [2.45, 2.75) is 25.7 Å². The Kier molecular flexibility index (Phi) is 2.98. The summed E-state index contributed by atoms with van der Waals surface area (Å²) in [5, 5.41) is 7.52. The van der Waals surface area contributed by atoms with Gasteiger partial charge in [-0.15, -0.1) is 11.3 Å². The number of nitrogens with one attached hydrogen (secondary N) is 2. The molecule has 2 N–H and O–H groups in total. The Morgan fingerprint density at radius 1 is 1.43 bits per heavy atom. The van der Waals surface area contributed by atoms with E-state index in [-0.39, 0.29) is 0 Å². The number of thiocarbonyl (C=S) groups is 1. The Hall–Kier alpha value is -0.680. The van der Waals surface area contributed by atoms with Crippen molar-refractivity contribution in [1.29, 1.82) is 0 Å². The van der Waals surface area contributed by atoms with Crippen molar-refractivity contribution in [1.82, 2.24) is 10.3 Å². The molecule has 0 aliphatic heterocycles. The van der Waals surface area contributed by atoms with Gasteiger partial charge in [0.25, 0.3) is 0 Å². The second-order valence-corrected chi connectivity index (χ2v) is 4.79. The summed E-state index contributed by atoms with van der Waals surface area (Å²) in [5.41, 5.74) is 1.27. The zero-order valence-corrected chi connectivity index (χ0v) is 9.73. The third-order valence-corrected chi connectivity index (χ3v) is 3.67. The van der Waals surface area contributed by atoms with E-state index >= 15 is 0 Å². The first-order valence-corrected chi connectivity index (χ1v) is 5.99.